The maximum Gasteiger partial charge on any atom is 0.271 e. The molecule has 6 nitrogen and oxygen atoms in total. The lowest BCUT2D eigenvalue weighted by Gasteiger charge is -2.05. The van der Waals surface area contributed by atoms with E-state index in [4.69, 9.17) is 4.74 Å². The molecule has 0 aliphatic carbocycles. The average molecular weight is 271 g/mol. The van der Waals surface area contributed by atoms with Crippen molar-refractivity contribution in [3.05, 3.63) is 53.9 Å². The topological polar surface area (TPSA) is 83.8 Å². The van der Waals surface area contributed by atoms with Gasteiger partial charge in [0.2, 0.25) is 0 Å². The SMILES string of the molecule is COc1cc(C(=O)N/N=C/c2ccncc2)ccc1O. The van der Waals surface area contributed by atoms with Gasteiger partial charge in [-0.05, 0) is 35.9 Å². The van der Waals surface area contributed by atoms with Crippen LogP contribution in [-0.4, -0.2) is 29.3 Å². The summed E-state index contributed by atoms with van der Waals surface area (Å²) in [7, 11) is 1.42. The second-order valence-electron chi connectivity index (χ2n) is 3.87. The van der Waals surface area contributed by atoms with Crippen LogP contribution in [0.5, 0.6) is 11.5 Å². The number of carbonyl (C=O) groups is 1. The number of pyridine rings is 1. The van der Waals surface area contributed by atoms with E-state index in [0.717, 1.165) is 5.56 Å². The molecule has 1 heterocycles. The Labute approximate surface area is 115 Å². The fraction of sp³-hybridized carbons (Fsp3) is 0.0714. The highest BCUT2D eigenvalue weighted by molar-refractivity contribution is 5.95. The number of phenolic OH excluding ortho intramolecular Hbond substituents is 1. The first kappa shape index (κ1) is 13.5. The molecule has 0 unspecified atom stereocenters. The summed E-state index contributed by atoms with van der Waals surface area (Å²) in [5.41, 5.74) is 3.55. The minimum Gasteiger partial charge on any atom is -0.504 e. The zero-order valence-corrected chi connectivity index (χ0v) is 10.8. The van der Waals surface area contributed by atoms with Gasteiger partial charge < -0.3 is 9.84 Å². The number of amides is 1. The van der Waals surface area contributed by atoms with Crippen molar-refractivity contribution in [3.63, 3.8) is 0 Å². The first-order valence-electron chi connectivity index (χ1n) is 5.81. The molecule has 1 aromatic carbocycles. The van der Waals surface area contributed by atoms with Crippen molar-refractivity contribution in [2.24, 2.45) is 5.10 Å². The van der Waals surface area contributed by atoms with Crippen LogP contribution in [0, 0.1) is 0 Å². The van der Waals surface area contributed by atoms with Crippen molar-refractivity contribution in [1.29, 1.82) is 0 Å². The smallest absolute Gasteiger partial charge is 0.271 e. The number of rotatable bonds is 4. The number of nitrogens with one attached hydrogen (secondary N) is 1. The second kappa shape index (κ2) is 6.33. The summed E-state index contributed by atoms with van der Waals surface area (Å²) in [5, 5.41) is 13.3. The van der Waals surface area contributed by atoms with E-state index in [1.165, 1.54) is 31.5 Å². The number of hydrogen-bond acceptors (Lipinski definition) is 5. The minimum atomic E-state index is -0.395. The number of hydrogen-bond donors (Lipinski definition) is 2. The molecule has 2 N–H and O–H groups in total. The van der Waals surface area contributed by atoms with Crippen molar-refractivity contribution in [1.82, 2.24) is 10.4 Å². The Hall–Kier alpha value is -2.89. The molecule has 2 rings (SSSR count). The van der Waals surface area contributed by atoms with Crippen LogP contribution in [-0.2, 0) is 0 Å². The zero-order chi connectivity index (χ0) is 14.4. The predicted octanol–water partition coefficient (Wildman–Crippen LogP) is 1.56. The van der Waals surface area contributed by atoms with E-state index < -0.39 is 5.91 Å². The maximum atomic E-state index is 11.8. The monoisotopic (exact) mass is 271 g/mol. The van der Waals surface area contributed by atoms with Crippen LogP contribution in [0.25, 0.3) is 0 Å². The number of benzene rings is 1. The molecule has 0 saturated carbocycles. The van der Waals surface area contributed by atoms with E-state index in [0.29, 0.717) is 5.56 Å². The van der Waals surface area contributed by atoms with E-state index in [-0.39, 0.29) is 11.5 Å². The zero-order valence-electron chi connectivity index (χ0n) is 10.8. The normalized spacial score (nSPS) is 10.4. The van der Waals surface area contributed by atoms with Gasteiger partial charge in [-0.25, -0.2) is 5.43 Å². The van der Waals surface area contributed by atoms with Gasteiger partial charge in [-0.1, -0.05) is 0 Å². The molecular weight excluding hydrogens is 258 g/mol. The van der Waals surface area contributed by atoms with E-state index in [1.807, 2.05) is 0 Å². The Balaban J connectivity index is 2.04. The highest BCUT2D eigenvalue weighted by Gasteiger charge is 2.08. The van der Waals surface area contributed by atoms with E-state index >= 15 is 0 Å². The number of methoxy groups -OCH3 is 1. The molecule has 0 spiro atoms. The highest BCUT2D eigenvalue weighted by Crippen LogP contribution is 2.26. The number of phenols is 1. The van der Waals surface area contributed by atoms with Crippen LogP contribution in [0.1, 0.15) is 15.9 Å². The summed E-state index contributed by atoms with van der Waals surface area (Å²) in [5.74, 6) is -0.186. The second-order valence-corrected chi connectivity index (χ2v) is 3.87. The molecule has 0 radical (unpaired) electrons. The van der Waals surface area contributed by atoms with Gasteiger partial charge in [0, 0.05) is 18.0 Å². The highest BCUT2D eigenvalue weighted by atomic mass is 16.5. The predicted molar refractivity (Wildman–Crippen MR) is 74.0 cm³/mol. The Kier molecular flexibility index (Phi) is 4.28. The fourth-order valence-corrected chi connectivity index (χ4v) is 1.50. The standard InChI is InChI=1S/C14H13N3O3/c1-20-13-8-11(2-3-12(13)18)14(19)17-16-9-10-4-6-15-7-5-10/h2-9,18H,1H3,(H,17,19)/b16-9+. The van der Waals surface area contributed by atoms with Crippen molar-refractivity contribution < 1.29 is 14.6 Å². The third-order valence-electron chi connectivity index (χ3n) is 2.53. The lowest BCUT2D eigenvalue weighted by molar-refractivity contribution is 0.0955. The van der Waals surface area contributed by atoms with Crippen molar-refractivity contribution in [2.45, 2.75) is 0 Å². The molecule has 0 bridgehead atoms. The quantitative estimate of drug-likeness (QED) is 0.653. The Morgan fingerprint density at radius 1 is 1.35 bits per heavy atom. The summed E-state index contributed by atoms with van der Waals surface area (Å²) in [6.45, 7) is 0. The molecule has 6 heteroatoms. The lowest BCUT2D eigenvalue weighted by Crippen LogP contribution is -2.17. The largest absolute Gasteiger partial charge is 0.504 e. The first-order valence-corrected chi connectivity index (χ1v) is 5.81. The Morgan fingerprint density at radius 2 is 2.10 bits per heavy atom. The van der Waals surface area contributed by atoms with Gasteiger partial charge in [-0.3, -0.25) is 9.78 Å². The van der Waals surface area contributed by atoms with Crippen LogP contribution in [0.15, 0.2) is 47.8 Å². The third-order valence-corrected chi connectivity index (χ3v) is 2.53. The van der Waals surface area contributed by atoms with Crippen LogP contribution >= 0.6 is 0 Å². The molecular formula is C14H13N3O3. The minimum absolute atomic E-state index is 0.0238. The molecule has 0 saturated heterocycles. The lowest BCUT2D eigenvalue weighted by atomic mass is 10.2. The van der Waals surface area contributed by atoms with E-state index in [9.17, 15) is 9.90 Å². The van der Waals surface area contributed by atoms with Gasteiger partial charge >= 0.3 is 0 Å². The first-order chi connectivity index (χ1) is 9.70. The third kappa shape index (κ3) is 3.32. The summed E-state index contributed by atoms with van der Waals surface area (Å²) < 4.78 is 4.93. The van der Waals surface area contributed by atoms with Gasteiger partial charge in [-0.15, -0.1) is 0 Å². The number of hydrazone groups is 1. The molecule has 1 amide bonds. The van der Waals surface area contributed by atoms with Crippen molar-refractivity contribution >= 4 is 12.1 Å². The molecule has 102 valence electrons. The summed E-state index contributed by atoms with van der Waals surface area (Å²) in [4.78, 5) is 15.7. The number of carbonyl (C=O) groups excluding carboxylic acids is 1. The van der Waals surface area contributed by atoms with Crippen LogP contribution in [0.4, 0.5) is 0 Å². The van der Waals surface area contributed by atoms with Crippen LogP contribution in [0.2, 0.25) is 0 Å². The molecule has 20 heavy (non-hydrogen) atoms. The molecule has 2 aromatic rings. The molecule has 0 atom stereocenters. The molecule has 0 fully saturated rings. The Morgan fingerprint density at radius 3 is 2.80 bits per heavy atom. The van der Waals surface area contributed by atoms with Gasteiger partial charge in [0.1, 0.15) is 0 Å². The van der Waals surface area contributed by atoms with Crippen molar-refractivity contribution in [2.75, 3.05) is 7.11 Å². The van der Waals surface area contributed by atoms with Gasteiger partial charge in [-0.2, -0.15) is 5.10 Å². The van der Waals surface area contributed by atoms with Gasteiger partial charge in [0.25, 0.3) is 5.91 Å². The Bertz CT molecular complexity index is 627. The van der Waals surface area contributed by atoms with Crippen LogP contribution < -0.4 is 10.2 Å². The molecule has 0 aliphatic heterocycles. The average Bonchev–Trinajstić information content (AvgIpc) is 2.48. The fourth-order valence-electron chi connectivity index (χ4n) is 1.50. The number of nitrogens with zero attached hydrogens (tertiary/aromatic N) is 2. The van der Waals surface area contributed by atoms with Crippen LogP contribution in [0.3, 0.4) is 0 Å². The number of aromatic nitrogens is 1. The molecule has 0 aliphatic rings. The van der Waals surface area contributed by atoms with Gasteiger partial charge in [0.15, 0.2) is 11.5 Å². The molecule has 1 aromatic heterocycles. The number of aromatic hydroxyl groups is 1. The van der Waals surface area contributed by atoms with E-state index in [2.05, 4.69) is 15.5 Å². The summed E-state index contributed by atoms with van der Waals surface area (Å²) >= 11 is 0. The summed E-state index contributed by atoms with van der Waals surface area (Å²) in [6.07, 6.45) is 4.78. The van der Waals surface area contributed by atoms with Gasteiger partial charge in [0.05, 0.1) is 13.3 Å². The van der Waals surface area contributed by atoms with E-state index in [1.54, 1.807) is 24.5 Å². The van der Waals surface area contributed by atoms with Crippen molar-refractivity contribution in [3.8, 4) is 11.5 Å². The summed E-state index contributed by atoms with van der Waals surface area (Å²) in [6, 6.07) is 7.83. The number of ether oxygens (including phenoxy) is 1. The maximum absolute atomic E-state index is 11.8.